The van der Waals surface area contributed by atoms with Crippen LogP contribution in [0.25, 0.3) is 0 Å². The first-order valence-electron chi connectivity index (χ1n) is 6.48. The topological polar surface area (TPSA) is 84.9 Å². The third-order valence-corrected chi connectivity index (χ3v) is 3.07. The number of ether oxygens (including phenoxy) is 2. The van der Waals surface area contributed by atoms with Crippen LogP contribution in [-0.2, 0) is 20.9 Å². The number of rotatable bonds is 5. The Morgan fingerprint density at radius 1 is 1.30 bits per heavy atom. The van der Waals surface area contributed by atoms with E-state index in [1.165, 1.54) is 0 Å². The number of carbonyl (C=O) groups is 2. The van der Waals surface area contributed by atoms with E-state index >= 15 is 0 Å². The van der Waals surface area contributed by atoms with E-state index in [0.29, 0.717) is 12.8 Å². The molecule has 0 aliphatic carbocycles. The molecule has 0 aromatic heterocycles. The summed E-state index contributed by atoms with van der Waals surface area (Å²) in [6.45, 7) is 0.466. The van der Waals surface area contributed by atoms with Gasteiger partial charge >= 0.3 is 12.1 Å². The van der Waals surface area contributed by atoms with Gasteiger partial charge in [0.25, 0.3) is 0 Å². The van der Waals surface area contributed by atoms with Crippen molar-refractivity contribution in [3.63, 3.8) is 0 Å². The zero-order valence-corrected chi connectivity index (χ0v) is 11.0. The van der Waals surface area contributed by atoms with Gasteiger partial charge in [-0.15, -0.1) is 0 Å². The monoisotopic (exact) mass is 279 g/mol. The van der Waals surface area contributed by atoms with Gasteiger partial charge < -0.3 is 19.9 Å². The molecular weight excluding hydrogens is 262 g/mol. The molecule has 1 amide bonds. The molecule has 1 heterocycles. The first kappa shape index (κ1) is 14.3. The van der Waals surface area contributed by atoms with Gasteiger partial charge in [0, 0.05) is 6.54 Å². The van der Waals surface area contributed by atoms with E-state index in [9.17, 15) is 9.59 Å². The van der Waals surface area contributed by atoms with E-state index in [2.05, 4.69) is 5.32 Å². The Hall–Kier alpha value is -2.08. The van der Waals surface area contributed by atoms with Crippen molar-refractivity contribution < 1.29 is 24.2 Å². The lowest BCUT2D eigenvalue weighted by Crippen LogP contribution is -2.33. The van der Waals surface area contributed by atoms with Crippen LogP contribution < -0.4 is 5.32 Å². The van der Waals surface area contributed by atoms with Crippen molar-refractivity contribution in [2.24, 2.45) is 0 Å². The highest BCUT2D eigenvalue weighted by atomic mass is 16.6. The second-order valence-electron chi connectivity index (χ2n) is 4.60. The zero-order valence-electron chi connectivity index (χ0n) is 11.0. The largest absolute Gasteiger partial charge is 0.479 e. The minimum atomic E-state index is -0.959. The van der Waals surface area contributed by atoms with E-state index in [4.69, 9.17) is 14.6 Å². The maximum absolute atomic E-state index is 11.5. The molecule has 6 heteroatoms. The zero-order chi connectivity index (χ0) is 14.4. The number of nitrogens with one attached hydrogen (secondary N) is 1. The maximum Gasteiger partial charge on any atom is 0.407 e. The minimum Gasteiger partial charge on any atom is -0.479 e. The Balaban J connectivity index is 1.65. The van der Waals surface area contributed by atoms with Crippen molar-refractivity contribution >= 4 is 12.1 Å². The van der Waals surface area contributed by atoms with Crippen LogP contribution >= 0.6 is 0 Å². The predicted octanol–water partition coefficient (Wildman–Crippen LogP) is 1.54. The summed E-state index contributed by atoms with van der Waals surface area (Å²) in [5.41, 5.74) is 0.908. The fourth-order valence-corrected chi connectivity index (χ4v) is 2.01. The minimum absolute atomic E-state index is 0.204. The molecule has 0 bridgehead atoms. The number of benzene rings is 1. The SMILES string of the molecule is O=C(NC[C@@H]1CC[C@H](C(=O)O)O1)OCc1ccccc1. The van der Waals surface area contributed by atoms with Crippen LogP contribution in [-0.4, -0.2) is 35.9 Å². The standard InChI is InChI=1S/C14H17NO5/c16-13(17)12-7-6-11(20-12)8-15-14(18)19-9-10-4-2-1-3-5-10/h1-5,11-12H,6-9H2,(H,15,18)(H,16,17)/t11-,12+/m0/s1. The number of carboxylic acid groups (broad SMARTS) is 1. The Morgan fingerprint density at radius 2 is 2.05 bits per heavy atom. The summed E-state index contributed by atoms with van der Waals surface area (Å²) in [5, 5.41) is 11.4. The molecular formula is C14H17NO5. The molecule has 2 rings (SSSR count). The first-order chi connectivity index (χ1) is 9.65. The molecule has 20 heavy (non-hydrogen) atoms. The van der Waals surface area contributed by atoms with Crippen LogP contribution in [0.5, 0.6) is 0 Å². The lowest BCUT2D eigenvalue weighted by molar-refractivity contribution is -0.149. The van der Waals surface area contributed by atoms with Gasteiger partial charge in [-0.1, -0.05) is 30.3 Å². The highest BCUT2D eigenvalue weighted by Gasteiger charge is 2.30. The number of hydrogen-bond acceptors (Lipinski definition) is 4. The summed E-state index contributed by atoms with van der Waals surface area (Å²) < 4.78 is 10.3. The maximum atomic E-state index is 11.5. The Bertz CT molecular complexity index is 462. The number of carboxylic acids is 1. The van der Waals surface area contributed by atoms with Gasteiger partial charge in [-0.05, 0) is 18.4 Å². The molecule has 0 spiro atoms. The first-order valence-corrected chi connectivity index (χ1v) is 6.48. The van der Waals surface area contributed by atoms with Gasteiger partial charge in [0.05, 0.1) is 6.10 Å². The van der Waals surface area contributed by atoms with Crippen LogP contribution in [0.4, 0.5) is 4.79 Å². The van der Waals surface area contributed by atoms with E-state index < -0.39 is 18.2 Å². The second-order valence-corrected chi connectivity index (χ2v) is 4.60. The van der Waals surface area contributed by atoms with Crippen LogP contribution in [0.15, 0.2) is 30.3 Å². The third-order valence-electron chi connectivity index (χ3n) is 3.07. The van der Waals surface area contributed by atoms with Gasteiger partial charge in [-0.25, -0.2) is 9.59 Å². The molecule has 2 atom stereocenters. The second kappa shape index (κ2) is 6.91. The third kappa shape index (κ3) is 4.24. The Labute approximate surface area is 116 Å². The number of alkyl carbamates (subject to hydrolysis) is 1. The van der Waals surface area contributed by atoms with Gasteiger partial charge in [-0.2, -0.15) is 0 Å². The molecule has 0 unspecified atom stereocenters. The molecule has 108 valence electrons. The fourth-order valence-electron chi connectivity index (χ4n) is 2.01. The normalized spacial score (nSPS) is 21.4. The Morgan fingerprint density at radius 3 is 2.70 bits per heavy atom. The number of aliphatic carboxylic acids is 1. The molecule has 1 aliphatic heterocycles. The highest BCUT2D eigenvalue weighted by molar-refractivity contribution is 5.72. The summed E-state index contributed by atoms with van der Waals surface area (Å²) in [4.78, 5) is 22.2. The summed E-state index contributed by atoms with van der Waals surface area (Å²) in [5.74, 6) is -0.959. The average molecular weight is 279 g/mol. The van der Waals surface area contributed by atoms with Gasteiger partial charge in [-0.3, -0.25) is 0 Å². The summed E-state index contributed by atoms with van der Waals surface area (Å²) in [7, 11) is 0. The van der Waals surface area contributed by atoms with Crippen LogP contribution in [0.2, 0.25) is 0 Å². The molecule has 6 nitrogen and oxygen atoms in total. The number of carbonyl (C=O) groups excluding carboxylic acids is 1. The van der Waals surface area contributed by atoms with Crippen molar-refractivity contribution in [3.8, 4) is 0 Å². The quantitative estimate of drug-likeness (QED) is 0.854. The van der Waals surface area contributed by atoms with Crippen LogP contribution in [0, 0.1) is 0 Å². The molecule has 2 N–H and O–H groups in total. The number of hydrogen-bond donors (Lipinski definition) is 2. The van der Waals surface area contributed by atoms with Gasteiger partial charge in [0.1, 0.15) is 6.61 Å². The van der Waals surface area contributed by atoms with E-state index in [1.54, 1.807) is 0 Å². The van der Waals surface area contributed by atoms with Gasteiger partial charge in [0.15, 0.2) is 6.10 Å². The molecule has 1 aliphatic rings. The Kier molecular flexibility index (Phi) is 4.95. The fraction of sp³-hybridized carbons (Fsp3) is 0.429. The molecule has 1 fully saturated rings. The van der Waals surface area contributed by atoms with Crippen LogP contribution in [0.3, 0.4) is 0 Å². The van der Waals surface area contributed by atoms with E-state index in [0.717, 1.165) is 5.56 Å². The smallest absolute Gasteiger partial charge is 0.407 e. The lowest BCUT2D eigenvalue weighted by Gasteiger charge is -2.12. The molecule has 0 saturated carbocycles. The van der Waals surface area contributed by atoms with E-state index in [-0.39, 0.29) is 19.3 Å². The predicted molar refractivity (Wildman–Crippen MR) is 70.2 cm³/mol. The average Bonchev–Trinajstić information content (AvgIpc) is 2.93. The van der Waals surface area contributed by atoms with Crippen molar-refractivity contribution in [3.05, 3.63) is 35.9 Å². The molecule has 1 aromatic carbocycles. The molecule has 0 radical (unpaired) electrons. The lowest BCUT2D eigenvalue weighted by atomic mass is 10.2. The highest BCUT2D eigenvalue weighted by Crippen LogP contribution is 2.19. The van der Waals surface area contributed by atoms with Crippen molar-refractivity contribution in [2.75, 3.05) is 6.54 Å². The van der Waals surface area contributed by atoms with Crippen molar-refractivity contribution in [2.45, 2.75) is 31.7 Å². The van der Waals surface area contributed by atoms with Crippen LogP contribution in [0.1, 0.15) is 18.4 Å². The number of amides is 1. The van der Waals surface area contributed by atoms with Gasteiger partial charge in [0.2, 0.25) is 0 Å². The molecule has 1 aromatic rings. The summed E-state index contributed by atoms with van der Waals surface area (Å²) >= 11 is 0. The summed E-state index contributed by atoms with van der Waals surface area (Å²) in [6, 6.07) is 9.36. The molecule has 1 saturated heterocycles. The van der Waals surface area contributed by atoms with Crippen molar-refractivity contribution in [1.29, 1.82) is 0 Å². The summed E-state index contributed by atoms with van der Waals surface area (Å²) in [6.07, 6.45) is -0.463. The van der Waals surface area contributed by atoms with E-state index in [1.807, 2.05) is 30.3 Å². The van der Waals surface area contributed by atoms with Crippen molar-refractivity contribution in [1.82, 2.24) is 5.32 Å².